The third-order valence-electron chi connectivity index (χ3n) is 2.79. The summed E-state index contributed by atoms with van der Waals surface area (Å²) in [5.41, 5.74) is 0.606. The van der Waals surface area contributed by atoms with Gasteiger partial charge in [-0.25, -0.2) is 0 Å². The molecule has 1 aromatic carbocycles. The zero-order valence-corrected chi connectivity index (χ0v) is 14.7. The minimum atomic E-state index is -0.00280. The average molecular weight is 394 g/mol. The van der Waals surface area contributed by atoms with Crippen LogP contribution in [0.4, 0.5) is 11.7 Å². The van der Waals surface area contributed by atoms with Gasteiger partial charge in [0.25, 0.3) is 0 Å². The predicted octanol–water partition coefficient (Wildman–Crippen LogP) is 4.94. The van der Waals surface area contributed by atoms with Crippen LogP contribution < -0.4 is 10.6 Å². The lowest BCUT2D eigenvalue weighted by Gasteiger charge is -2.08. The van der Waals surface area contributed by atoms with E-state index in [-0.39, 0.29) is 12.1 Å². The Kier molecular flexibility index (Phi) is 5.87. The molecule has 21 heavy (non-hydrogen) atoms. The first-order chi connectivity index (χ1) is 10.0. The molecule has 0 aliphatic heterocycles. The summed E-state index contributed by atoms with van der Waals surface area (Å²) in [6, 6.07) is 3.84. The average Bonchev–Trinajstić information content (AvgIpc) is 2.94. The lowest BCUT2D eigenvalue weighted by atomic mass is 10.3. The maximum atomic E-state index is 6.16. The summed E-state index contributed by atoms with van der Waals surface area (Å²) in [7, 11) is 0. The molecule has 0 radical (unpaired) electrons. The van der Waals surface area contributed by atoms with Crippen LogP contribution in [0.25, 0.3) is 0 Å². The first kappa shape index (κ1) is 16.5. The molecule has 1 aromatic heterocycles. The van der Waals surface area contributed by atoms with Gasteiger partial charge in [-0.1, -0.05) is 35.2 Å². The summed E-state index contributed by atoms with van der Waals surface area (Å²) in [6.07, 6.45) is 1.04. The van der Waals surface area contributed by atoms with Gasteiger partial charge in [-0.05, 0) is 48.0 Å². The SMILES string of the molecule is CCCNC(C)c1nnc(Nc2ccc(Br)c(Cl)c2Cl)o1. The summed E-state index contributed by atoms with van der Waals surface area (Å²) in [5.74, 6) is 0.519. The molecule has 1 atom stereocenters. The molecular weight excluding hydrogens is 379 g/mol. The smallest absolute Gasteiger partial charge is 0.320 e. The largest absolute Gasteiger partial charge is 0.406 e. The third-order valence-corrected chi connectivity index (χ3v) is 4.56. The van der Waals surface area contributed by atoms with Gasteiger partial charge in [0.1, 0.15) is 0 Å². The Morgan fingerprint density at radius 2 is 2.05 bits per heavy atom. The van der Waals surface area contributed by atoms with Crippen molar-refractivity contribution in [3.05, 3.63) is 32.5 Å². The zero-order chi connectivity index (χ0) is 15.4. The molecule has 0 saturated heterocycles. The molecule has 2 aromatic rings. The van der Waals surface area contributed by atoms with Crippen molar-refractivity contribution in [3.8, 4) is 0 Å². The molecule has 0 aliphatic rings. The number of nitrogens with one attached hydrogen (secondary N) is 2. The fraction of sp³-hybridized carbons (Fsp3) is 0.385. The maximum absolute atomic E-state index is 6.16. The fourth-order valence-electron chi connectivity index (χ4n) is 1.65. The van der Waals surface area contributed by atoms with E-state index in [0.29, 0.717) is 21.6 Å². The Labute approximate surface area is 141 Å². The minimum Gasteiger partial charge on any atom is -0.406 e. The van der Waals surface area contributed by atoms with Gasteiger partial charge in [-0.2, -0.15) is 0 Å². The summed E-state index contributed by atoms with van der Waals surface area (Å²) in [6.45, 7) is 4.96. The molecule has 1 unspecified atom stereocenters. The second-order valence-corrected chi connectivity index (χ2v) is 6.08. The Balaban J connectivity index is 2.11. The van der Waals surface area contributed by atoms with Crippen LogP contribution in [0.3, 0.4) is 0 Å². The number of rotatable bonds is 6. The van der Waals surface area contributed by atoms with Crippen LogP contribution in [0.15, 0.2) is 21.0 Å². The van der Waals surface area contributed by atoms with Crippen molar-refractivity contribution in [3.63, 3.8) is 0 Å². The highest BCUT2D eigenvalue weighted by Gasteiger charge is 2.15. The van der Waals surface area contributed by atoms with Crippen LogP contribution in [0.1, 0.15) is 32.2 Å². The van der Waals surface area contributed by atoms with Crippen molar-refractivity contribution in [2.75, 3.05) is 11.9 Å². The molecule has 1 heterocycles. The molecule has 0 amide bonds. The summed E-state index contributed by atoms with van der Waals surface area (Å²) in [4.78, 5) is 0. The highest BCUT2D eigenvalue weighted by molar-refractivity contribution is 9.10. The van der Waals surface area contributed by atoms with Gasteiger partial charge >= 0.3 is 6.01 Å². The lowest BCUT2D eigenvalue weighted by Crippen LogP contribution is -2.19. The topological polar surface area (TPSA) is 63.0 Å². The van der Waals surface area contributed by atoms with Gasteiger partial charge in [-0.15, -0.1) is 5.10 Å². The van der Waals surface area contributed by atoms with Crippen LogP contribution >= 0.6 is 39.1 Å². The van der Waals surface area contributed by atoms with Crippen molar-refractivity contribution in [1.29, 1.82) is 0 Å². The Bertz CT molecular complexity index is 620. The van der Waals surface area contributed by atoms with Crippen molar-refractivity contribution in [1.82, 2.24) is 15.5 Å². The molecule has 0 bridgehead atoms. The quantitative estimate of drug-likeness (QED) is 0.680. The van der Waals surface area contributed by atoms with Crippen molar-refractivity contribution < 1.29 is 4.42 Å². The molecule has 2 N–H and O–H groups in total. The summed E-state index contributed by atoms with van der Waals surface area (Å²) >= 11 is 15.5. The van der Waals surface area contributed by atoms with Crippen LogP contribution in [0, 0.1) is 0 Å². The van der Waals surface area contributed by atoms with Crippen molar-refractivity contribution in [2.45, 2.75) is 26.3 Å². The van der Waals surface area contributed by atoms with Crippen LogP contribution in [-0.4, -0.2) is 16.7 Å². The Hall–Kier alpha value is -0.820. The number of hydrogen-bond donors (Lipinski definition) is 2. The van der Waals surface area contributed by atoms with E-state index in [4.69, 9.17) is 27.6 Å². The highest BCUT2D eigenvalue weighted by atomic mass is 79.9. The normalized spacial score (nSPS) is 12.4. The van der Waals surface area contributed by atoms with E-state index >= 15 is 0 Å². The van der Waals surface area contributed by atoms with Gasteiger partial charge in [0.15, 0.2) is 0 Å². The standard InChI is InChI=1S/C13H15BrCl2N4O/c1-3-6-17-7(2)12-19-20-13(21-12)18-9-5-4-8(14)10(15)11(9)16/h4-5,7,17H,3,6H2,1-2H3,(H,18,20). The van der Waals surface area contributed by atoms with E-state index in [2.05, 4.69) is 43.7 Å². The second-order valence-electron chi connectivity index (χ2n) is 4.47. The van der Waals surface area contributed by atoms with Crippen molar-refractivity contribution >= 4 is 50.8 Å². The van der Waals surface area contributed by atoms with E-state index in [9.17, 15) is 0 Å². The molecule has 0 spiro atoms. The van der Waals surface area contributed by atoms with Crippen LogP contribution in [0.5, 0.6) is 0 Å². The van der Waals surface area contributed by atoms with E-state index in [1.165, 1.54) is 0 Å². The molecule has 5 nitrogen and oxygen atoms in total. The molecule has 0 fully saturated rings. The van der Waals surface area contributed by atoms with E-state index in [1.807, 2.05) is 6.92 Å². The Morgan fingerprint density at radius 1 is 1.29 bits per heavy atom. The number of halogens is 3. The van der Waals surface area contributed by atoms with Crippen molar-refractivity contribution in [2.24, 2.45) is 0 Å². The summed E-state index contributed by atoms with van der Waals surface area (Å²) in [5, 5.41) is 15.0. The molecule has 0 saturated carbocycles. The van der Waals surface area contributed by atoms with Gasteiger partial charge < -0.3 is 15.1 Å². The number of aromatic nitrogens is 2. The number of benzene rings is 1. The molecule has 8 heteroatoms. The van der Waals surface area contributed by atoms with Gasteiger partial charge in [0, 0.05) is 4.47 Å². The zero-order valence-electron chi connectivity index (χ0n) is 11.6. The third kappa shape index (κ3) is 4.10. The second kappa shape index (κ2) is 7.45. The Morgan fingerprint density at radius 3 is 2.76 bits per heavy atom. The number of anilines is 2. The number of hydrogen-bond acceptors (Lipinski definition) is 5. The lowest BCUT2D eigenvalue weighted by molar-refractivity contribution is 0.424. The van der Waals surface area contributed by atoms with Gasteiger partial charge in [0.05, 0.1) is 21.8 Å². The fourth-order valence-corrected chi connectivity index (χ4v) is 2.47. The summed E-state index contributed by atoms with van der Waals surface area (Å²) < 4.78 is 6.29. The van der Waals surface area contributed by atoms with Gasteiger partial charge in [0.2, 0.25) is 5.89 Å². The molecular formula is C13H15BrCl2N4O. The first-order valence-corrected chi connectivity index (χ1v) is 8.05. The van der Waals surface area contributed by atoms with E-state index in [1.54, 1.807) is 12.1 Å². The molecule has 0 aliphatic carbocycles. The number of nitrogens with zero attached hydrogens (tertiary/aromatic N) is 2. The van der Waals surface area contributed by atoms with E-state index in [0.717, 1.165) is 17.4 Å². The first-order valence-electron chi connectivity index (χ1n) is 6.50. The highest BCUT2D eigenvalue weighted by Crippen LogP contribution is 2.36. The van der Waals surface area contributed by atoms with Crippen LogP contribution in [-0.2, 0) is 0 Å². The molecule has 2 rings (SSSR count). The maximum Gasteiger partial charge on any atom is 0.320 e. The van der Waals surface area contributed by atoms with Crippen LogP contribution in [0.2, 0.25) is 10.0 Å². The van der Waals surface area contributed by atoms with Gasteiger partial charge in [-0.3, -0.25) is 0 Å². The van der Waals surface area contributed by atoms with E-state index < -0.39 is 0 Å². The monoisotopic (exact) mass is 392 g/mol. The minimum absolute atomic E-state index is 0.00280. The molecule has 114 valence electrons. The predicted molar refractivity (Wildman–Crippen MR) is 88.5 cm³/mol.